The van der Waals surface area contributed by atoms with Crippen LogP contribution in [0.4, 0.5) is 4.39 Å². The molecule has 1 aliphatic heterocycles. The standard InChI is InChI=1S/C13H20FN3/c14-4-2-6-17-5-1-3-10-7-12-11(8-13(10)17)9-15-16-12/h9-10,13H,1-8H2,(H,15,16)/t10-,13-/m1/s1/i14-1. The van der Waals surface area contributed by atoms with E-state index in [-0.39, 0.29) is 6.67 Å². The van der Waals surface area contributed by atoms with Crippen molar-refractivity contribution < 1.29 is 4.39 Å². The summed E-state index contributed by atoms with van der Waals surface area (Å²) in [4.78, 5) is 2.50. The molecule has 0 radical (unpaired) electrons. The summed E-state index contributed by atoms with van der Waals surface area (Å²) in [5.74, 6) is 0.747. The van der Waals surface area contributed by atoms with Crippen molar-refractivity contribution >= 4 is 0 Å². The second-order valence-corrected chi connectivity index (χ2v) is 5.33. The lowest BCUT2D eigenvalue weighted by Crippen LogP contribution is -2.49. The number of rotatable bonds is 3. The number of hydrogen-bond donors (Lipinski definition) is 1. The maximum absolute atomic E-state index is 12.3. The van der Waals surface area contributed by atoms with Crippen LogP contribution in [0.15, 0.2) is 6.20 Å². The summed E-state index contributed by atoms with van der Waals surface area (Å²) in [7, 11) is 0. The van der Waals surface area contributed by atoms with Gasteiger partial charge in [0, 0.05) is 18.3 Å². The molecule has 17 heavy (non-hydrogen) atoms. The summed E-state index contributed by atoms with van der Waals surface area (Å²) < 4.78 is 12.3. The van der Waals surface area contributed by atoms with E-state index in [2.05, 4.69) is 15.1 Å². The SMILES string of the molecule is [18F]CCCN1CCC[C@@H]2Cc3[nH]ncc3C[C@H]21. The minimum atomic E-state index is -0.190. The Morgan fingerprint density at radius 3 is 3.29 bits per heavy atom. The summed E-state index contributed by atoms with van der Waals surface area (Å²) in [5, 5.41) is 7.27. The van der Waals surface area contributed by atoms with Crippen LogP contribution in [0.3, 0.4) is 0 Å². The Labute approximate surface area is 101 Å². The summed E-state index contributed by atoms with van der Waals surface area (Å²) in [5.41, 5.74) is 2.71. The molecule has 2 heterocycles. The molecule has 1 aliphatic carbocycles. The molecule has 3 nitrogen and oxygen atoms in total. The normalized spacial score (nSPS) is 28.8. The van der Waals surface area contributed by atoms with E-state index < -0.39 is 0 Å². The van der Waals surface area contributed by atoms with Crippen molar-refractivity contribution in [3.63, 3.8) is 0 Å². The molecule has 0 unspecified atom stereocenters. The molecule has 1 aromatic heterocycles. The first-order valence-electron chi connectivity index (χ1n) is 6.69. The number of halogens is 1. The average molecular weight is 236 g/mol. The minimum Gasteiger partial charge on any atom is -0.300 e. The van der Waals surface area contributed by atoms with E-state index in [1.54, 1.807) is 0 Å². The van der Waals surface area contributed by atoms with Gasteiger partial charge in [-0.3, -0.25) is 14.4 Å². The number of piperidine rings is 1. The quantitative estimate of drug-likeness (QED) is 0.870. The van der Waals surface area contributed by atoms with E-state index >= 15 is 0 Å². The maximum atomic E-state index is 12.3. The van der Waals surface area contributed by atoms with Gasteiger partial charge in [0.2, 0.25) is 0 Å². The van der Waals surface area contributed by atoms with Crippen LogP contribution in [0.5, 0.6) is 0 Å². The van der Waals surface area contributed by atoms with Crippen LogP contribution in [-0.4, -0.2) is 40.9 Å². The fourth-order valence-corrected chi connectivity index (χ4v) is 3.47. The Morgan fingerprint density at radius 1 is 1.47 bits per heavy atom. The lowest BCUT2D eigenvalue weighted by Gasteiger charge is -2.43. The molecule has 1 aromatic rings. The number of likely N-dealkylation sites (tertiary alicyclic amines) is 1. The first-order valence-corrected chi connectivity index (χ1v) is 6.69. The third-order valence-corrected chi connectivity index (χ3v) is 4.32. The fourth-order valence-electron chi connectivity index (χ4n) is 3.47. The molecule has 0 spiro atoms. The van der Waals surface area contributed by atoms with Gasteiger partial charge in [-0.15, -0.1) is 0 Å². The topological polar surface area (TPSA) is 31.9 Å². The molecule has 0 aromatic carbocycles. The number of nitrogens with zero attached hydrogens (tertiary/aromatic N) is 2. The summed E-state index contributed by atoms with van der Waals surface area (Å²) in [6, 6.07) is 0.625. The molecule has 1 N–H and O–H groups in total. The predicted octanol–water partition coefficient (Wildman–Crippen LogP) is 1.95. The van der Waals surface area contributed by atoms with E-state index in [0.29, 0.717) is 12.5 Å². The lowest BCUT2D eigenvalue weighted by atomic mass is 9.77. The first-order chi connectivity index (χ1) is 8.38. The summed E-state index contributed by atoms with van der Waals surface area (Å²) in [6.45, 7) is 1.88. The van der Waals surface area contributed by atoms with Crippen molar-refractivity contribution in [3.8, 4) is 0 Å². The molecule has 4 heteroatoms. The molecule has 1 fully saturated rings. The van der Waals surface area contributed by atoms with E-state index in [1.165, 1.54) is 24.1 Å². The van der Waals surface area contributed by atoms with Crippen LogP contribution in [0.25, 0.3) is 0 Å². The zero-order valence-electron chi connectivity index (χ0n) is 10.2. The fraction of sp³-hybridized carbons (Fsp3) is 0.769. The van der Waals surface area contributed by atoms with Gasteiger partial charge in [0.1, 0.15) is 0 Å². The average Bonchev–Trinajstić information content (AvgIpc) is 2.80. The lowest BCUT2D eigenvalue weighted by molar-refractivity contribution is 0.0818. The van der Waals surface area contributed by atoms with Crippen molar-refractivity contribution in [2.75, 3.05) is 19.8 Å². The number of aromatic amines is 1. The summed E-state index contributed by atoms with van der Waals surface area (Å²) in [6.07, 6.45) is 7.45. The van der Waals surface area contributed by atoms with Crippen LogP contribution >= 0.6 is 0 Å². The van der Waals surface area contributed by atoms with Gasteiger partial charge in [0.05, 0.1) is 12.9 Å². The van der Waals surface area contributed by atoms with Crippen LogP contribution in [0, 0.1) is 5.92 Å². The molecule has 2 aliphatic rings. The molecule has 0 saturated carbocycles. The molecule has 2 atom stereocenters. The molecule has 0 amide bonds. The van der Waals surface area contributed by atoms with Gasteiger partial charge in [-0.05, 0) is 50.1 Å². The second kappa shape index (κ2) is 4.77. The number of aromatic nitrogens is 2. The van der Waals surface area contributed by atoms with Gasteiger partial charge >= 0.3 is 0 Å². The second-order valence-electron chi connectivity index (χ2n) is 5.33. The van der Waals surface area contributed by atoms with Gasteiger partial charge in [0.25, 0.3) is 0 Å². The zero-order chi connectivity index (χ0) is 11.7. The molecular weight excluding hydrogens is 216 g/mol. The molecule has 94 valence electrons. The van der Waals surface area contributed by atoms with Crippen molar-refractivity contribution in [1.29, 1.82) is 0 Å². The van der Waals surface area contributed by atoms with Crippen molar-refractivity contribution in [2.24, 2.45) is 5.92 Å². The van der Waals surface area contributed by atoms with E-state index in [4.69, 9.17) is 0 Å². The smallest absolute Gasteiger partial charge is 0.0906 e. The Morgan fingerprint density at radius 2 is 2.41 bits per heavy atom. The third kappa shape index (κ3) is 2.10. The van der Waals surface area contributed by atoms with Gasteiger partial charge in [-0.1, -0.05) is 0 Å². The molecule has 1 saturated heterocycles. The van der Waals surface area contributed by atoms with Crippen LogP contribution < -0.4 is 0 Å². The highest BCUT2D eigenvalue weighted by Gasteiger charge is 2.35. The van der Waals surface area contributed by atoms with Crippen LogP contribution in [0.1, 0.15) is 30.5 Å². The van der Waals surface area contributed by atoms with Crippen molar-refractivity contribution in [3.05, 3.63) is 17.5 Å². The molecule has 3 rings (SSSR count). The highest BCUT2D eigenvalue weighted by Crippen LogP contribution is 2.34. The van der Waals surface area contributed by atoms with Gasteiger partial charge in [-0.25, -0.2) is 0 Å². The van der Waals surface area contributed by atoms with Crippen LogP contribution in [-0.2, 0) is 12.8 Å². The largest absolute Gasteiger partial charge is 0.300 e. The Bertz CT molecular complexity index is 376. The third-order valence-electron chi connectivity index (χ3n) is 4.32. The van der Waals surface area contributed by atoms with Gasteiger partial charge < -0.3 is 0 Å². The zero-order valence-corrected chi connectivity index (χ0v) is 10.2. The number of nitrogens with one attached hydrogen (secondary N) is 1. The first kappa shape index (κ1) is 11.2. The highest BCUT2D eigenvalue weighted by atomic mass is 18.2. The van der Waals surface area contributed by atoms with Crippen molar-refractivity contribution in [2.45, 2.75) is 38.1 Å². The summed E-state index contributed by atoms with van der Waals surface area (Å²) >= 11 is 0. The number of hydrogen-bond acceptors (Lipinski definition) is 2. The van der Waals surface area contributed by atoms with Gasteiger partial charge in [-0.2, -0.15) is 5.10 Å². The Kier molecular flexibility index (Phi) is 3.14. The monoisotopic (exact) mass is 236 g/mol. The Hall–Kier alpha value is -0.900. The van der Waals surface area contributed by atoms with Gasteiger partial charge in [0.15, 0.2) is 0 Å². The predicted molar refractivity (Wildman–Crippen MR) is 64.7 cm³/mol. The van der Waals surface area contributed by atoms with E-state index in [9.17, 15) is 4.39 Å². The number of H-pyrrole nitrogens is 1. The number of fused-ring (bicyclic) bond motifs is 2. The highest BCUT2D eigenvalue weighted by molar-refractivity contribution is 5.23. The van der Waals surface area contributed by atoms with E-state index in [1.807, 2.05) is 6.20 Å². The maximum Gasteiger partial charge on any atom is 0.0906 e. The van der Waals surface area contributed by atoms with Crippen molar-refractivity contribution in [1.82, 2.24) is 15.1 Å². The number of alkyl halides is 1. The Balaban J connectivity index is 1.74. The van der Waals surface area contributed by atoms with E-state index in [0.717, 1.165) is 31.8 Å². The molecular formula is C13H20FN3. The van der Waals surface area contributed by atoms with Crippen LogP contribution in [0.2, 0.25) is 0 Å². The molecule has 0 bridgehead atoms. The minimum absolute atomic E-state index is 0.190.